The van der Waals surface area contributed by atoms with Crippen molar-refractivity contribution in [3.05, 3.63) is 47.0 Å². The van der Waals surface area contributed by atoms with Crippen LogP contribution in [-0.2, 0) is 0 Å². The van der Waals surface area contributed by atoms with Gasteiger partial charge in [0.2, 0.25) is 0 Å². The summed E-state index contributed by atoms with van der Waals surface area (Å²) in [6.07, 6.45) is 2.50. The maximum atomic E-state index is 10.8. The van der Waals surface area contributed by atoms with Crippen molar-refractivity contribution in [2.75, 3.05) is 0 Å². The van der Waals surface area contributed by atoms with E-state index in [-0.39, 0.29) is 11.4 Å². The van der Waals surface area contributed by atoms with Crippen molar-refractivity contribution >= 4 is 14.5 Å². The Morgan fingerprint density at radius 1 is 1.53 bits per heavy atom. The molecule has 0 N–H and O–H groups in total. The molecule has 0 fully saturated rings. The van der Waals surface area contributed by atoms with Crippen molar-refractivity contribution in [2.45, 2.75) is 25.2 Å². The molecule has 0 heterocycles. The van der Waals surface area contributed by atoms with Crippen LogP contribution in [0.2, 0.25) is 13.1 Å². The summed E-state index contributed by atoms with van der Waals surface area (Å²) in [6.45, 7) is 7.92. The lowest BCUT2D eigenvalue weighted by atomic mass is 10.3. The summed E-state index contributed by atoms with van der Waals surface area (Å²) >= 11 is 0. The first-order valence-corrected chi connectivity index (χ1v) is 7.95. The van der Waals surface area contributed by atoms with Gasteiger partial charge >= 0.3 is 5.69 Å². The van der Waals surface area contributed by atoms with Crippen molar-refractivity contribution < 1.29 is 9.66 Å². The molecule has 1 aromatic carbocycles. The summed E-state index contributed by atoms with van der Waals surface area (Å²) in [7, 11) is -0.691. The molecule has 0 aliphatic rings. The predicted octanol–water partition coefficient (Wildman–Crippen LogP) is 3.21. The Morgan fingerprint density at radius 3 is 2.71 bits per heavy atom. The van der Waals surface area contributed by atoms with Gasteiger partial charge in [0, 0.05) is 6.07 Å². The van der Waals surface area contributed by atoms with Gasteiger partial charge in [-0.25, -0.2) is 0 Å². The van der Waals surface area contributed by atoms with Crippen molar-refractivity contribution in [1.29, 1.82) is 0 Å². The molecule has 0 aliphatic carbocycles. The fraction of sp³-hybridized carbons (Fsp3) is 0.333. The minimum Gasteiger partial charge on any atom is -0.487 e. The molecule has 91 valence electrons. The van der Waals surface area contributed by atoms with E-state index < -0.39 is 13.7 Å². The first-order chi connectivity index (χ1) is 8.06. The fourth-order valence-corrected chi connectivity index (χ4v) is 2.41. The lowest BCUT2D eigenvalue weighted by Gasteiger charge is -2.20. The highest BCUT2D eigenvalue weighted by molar-refractivity contribution is 6.57. The summed E-state index contributed by atoms with van der Waals surface area (Å²) in [5, 5.41) is 10.8. The molecule has 1 rings (SSSR count). The molecular formula is C12H16NO3Si. The molecule has 0 saturated carbocycles. The zero-order valence-electron chi connectivity index (χ0n) is 10.1. The molecule has 1 atom stereocenters. The highest BCUT2D eigenvalue weighted by Gasteiger charge is 2.20. The average Bonchev–Trinajstić information content (AvgIpc) is 2.28. The Morgan fingerprint density at radius 2 is 2.18 bits per heavy atom. The molecule has 0 amide bonds. The topological polar surface area (TPSA) is 52.4 Å². The molecule has 0 spiro atoms. The lowest BCUT2D eigenvalue weighted by molar-refractivity contribution is -0.386. The first-order valence-electron chi connectivity index (χ1n) is 5.37. The molecule has 0 saturated heterocycles. The predicted molar refractivity (Wildman–Crippen MR) is 69.8 cm³/mol. The van der Waals surface area contributed by atoms with Crippen LogP contribution in [0.5, 0.6) is 5.75 Å². The van der Waals surface area contributed by atoms with Crippen molar-refractivity contribution in [1.82, 2.24) is 0 Å². The molecule has 4 nitrogen and oxygen atoms in total. The molecule has 1 radical (unpaired) electrons. The van der Waals surface area contributed by atoms with Crippen molar-refractivity contribution in [3.8, 4) is 5.75 Å². The van der Waals surface area contributed by atoms with Crippen LogP contribution in [0.1, 0.15) is 6.42 Å². The van der Waals surface area contributed by atoms with Gasteiger partial charge < -0.3 is 4.74 Å². The number of hydrogen-bond acceptors (Lipinski definition) is 3. The number of benzene rings is 1. The Hall–Kier alpha value is -1.62. The van der Waals surface area contributed by atoms with Gasteiger partial charge in [-0.05, 0) is 12.5 Å². The van der Waals surface area contributed by atoms with Crippen LogP contribution < -0.4 is 4.74 Å². The number of rotatable bonds is 6. The third-order valence-electron chi connectivity index (χ3n) is 2.36. The van der Waals surface area contributed by atoms with E-state index in [1.165, 1.54) is 6.07 Å². The number of nitro groups is 1. The minimum atomic E-state index is -0.691. The molecule has 0 aromatic heterocycles. The second-order valence-corrected chi connectivity index (χ2v) is 6.73. The van der Waals surface area contributed by atoms with Crippen LogP contribution in [-0.4, -0.2) is 19.4 Å². The number of para-hydroxylation sites is 2. The van der Waals surface area contributed by atoms with E-state index in [4.69, 9.17) is 4.74 Å². The van der Waals surface area contributed by atoms with E-state index in [1.54, 1.807) is 24.3 Å². The maximum Gasteiger partial charge on any atom is 0.310 e. The molecular weight excluding hydrogens is 234 g/mol. The number of nitrogens with zero attached hydrogens (tertiary/aromatic N) is 1. The molecule has 0 bridgehead atoms. The number of ether oxygens (including phenoxy) is 1. The van der Waals surface area contributed by atoms with Gasteiger partial charge in [0.1, 0.15) is 0 Å². The summed E-state index contributed by atoms with van der Waals surface area (Å²) < 4.78 is 5.74. The third kappa shape index (κ3) is 3.71. The Balaban J connectivity index is 2.92. The van der Waals surface area contributed by atoms with E-state index in [9.17, 15) is 10.1 Å². The number of nitro benzene ring substituents is 1. The Bertz CT molecular complexity index is 406. The van der Waals surface area contributed by atoms with Crippen LogP contribution in [0.3, 0.4) is 0 Å². The molecule has 1 aromatic rings. The minimum absolute atomic E-state index is 0.0126. The first kappa shape index (κ1) is 13.4. The van der Waals surface area contributed by atoms with Gasteiger partial charge in [-0.2, -0.15) is 0 Å². The second-order valence-electron chi connectivity index (χ2n) is 3.93. The smallest absolute Gasteiger partial charge is 0.310 e. The monoisotopic (exact) mass is 250 g/mol. The van der Waals surface area contributed by atoms with Crippen LogP contribution in [0, 0.1) is 10.1 Å². The SMILES string of the molecule is C=CCC(Oc1ccccc1[N+](=O)[O-])[Si](C)C. The van der Waals surface area contributed by atoms with Gasteiger partial charge in [0.05, 0.1) is 19.4 Å². The van der Waals surface area contributed by atoms with E-state index in [0.29, 0.717) is 12.2 Å². The summed E-state index contributed by atoms with van der Waals surface area (Å²) in [5.74, 6) is 0.343. The van der Waals surface area contributed by atoms with Crippen molar-refractivity contribution in [2.24, 2.45) is 0 Å². The largest absolute Gasteiger partial charge is 0.487 e. The lowest BCUT2D eigenvalue weighted by Crippen LogP contribution is -2.30. The summed E-state index contributed by atoms with van der Waals surface area (Å²) in [5.41, 5.74) is 0.0309. The number of hydrogen-bond donors (Lipinski definition) is 0. The van der Waals surface area contributed by atoms with E-state index in [1.807, 2.05) is 0 Å². The van der Waals surface area contributed by atoms with Crippen LogP contribution >= 0.6 is 0 Å². The van der Waals surface area contributed by atoms with Crippen LogP contribution in [0.4, 0.5) is 5.69 Å². The normalized spacial score (nSPS) is 12.2. The highest BCUT2D eigenvalue weighted by atomic mass is 28.3. The Labute approximate surface area is 103 Å². The third-order valence-corrected chi connectivity index (χ3v) is 4.00. The van der Waals surface area contributed by atoms with Crippen LogP contribution in [0.25, 0.3) is 0 Å². The molecule has 0 aliphatic heterocycles. The summed E-state index contributed by atoms with van der Waals surface area (Å²) in [6, 6.07) is 6.47. The van der Waals surface area contributed by atoms with Gasteiger partial charge in [-0.1, -0.05) is 31.3 Å². The van der Waals surface area contributed by atoms with Gasteiger partial charge in [-0.15, -0.1) is 6.58 Å². The quantitative estimate of drug-likeness (QED) is 0.337. The standard InChI is InChI=1S/C12H16NO3Si/c1-4-7-12(17(2)3)16-11-9-6-5-8-10(11)13(14)15/h4-6,8-9,12H,1,7H2,2-3H3. The molecule has 1 unspecified atom stereocenters. The summed E-state index contributed by atoms with van der Waals surface area (Å²) in [4.78, 5) is 10.4. The van der Waals surface area contributed by atoms with Gasteiger partial charge in [-0.3, -0.25) is 10.1 Å². The molecule has 5 heteroatoms. The van der Waals surface area contributed by atoms with Gasteiger partial charge in [0.15, 0.2) is 5.75 Å². The highest BCUT2D eigenvalue weighted by Crippen LogP contribution is 2.27. The van der Waals surface area contributed by atoms with Gasteiger partial charge in [0.25, 0.3) is 0 Å². The zero-order chi connectivity index (χ0) is 12.8. The van der Waals surface area contributed by atoms with Crippen LogP contribution in [0.15, 0.2) is 36.9 Å². The fourth-order valence-electron chi connectivity index (χ4n) is 1.41. The van der Waals surface area contributed by atoms with E-state index >= 15 is 0 Å². The Kier molecular flexibility index (Phi) is 4.90. The molecule has 17 heavy (non-hydrogen) atoms. The maximum absolute atomic E-state index is 10.8. The van der Waals surface area contributed by atoms with E-state index in [2.05, 4.69) is 19.7 Å². The van der Waals surface area contributed by atoms with E-state index in [0.717, 1.165) is 0 Å². The zero-order valence-corrected chi connectivity index (χ0v) is 11.1. The second kappa shape index (κ2) is 6.20. The average molecular weight is 250 g/mol. The van der Waals surface area contributed by atoms with Crippen molar-refractivity contribution in [3.63, 3.8) is 0 Å².